The third kappa shape index (κ3) is 4.68. The maximum atomic E-state index is 15.3. The summed E-state index contributed by atoms with van der Waals surface area (Å²) in [5.74, 6) is -1.21. The minimum atomic E-state index is -1.70. The molecule has 2 atom stereocenters. The zero-order valence-electron chi connectivity index (χ0n) is 23.8. The van der Waals surface area contributed by atoms with Gasteiger partial charge in [0.25, 0.3) is 0 Å². The van der Waals surface area contributed by atoms with E-state index < -0.39 is 29.1 Å². The topological polar surface area (TPSA) is 76.2 Å². The summed E-state index contributed by atoms with van der Waals surface area (Å²) in [6.45, 7) is 0. The number of rotatable bonds is 6. The molecule has 216 valence electrons. The number of amides is 2. The van der Waals surface area contributed by atoms with Crippen molar-refractivity contribution >= 4 is 46.3 Å². The van der Waals surface area contributed by atoms with Gasteiger partial charge in [-0.05, 0) is 71.9 Å². The second kappa shape index (κ2) is 11.5. The fourth-order valence-corrected chi connectivity index (χ4v) is 6.85. The van der Waals surface area contributed by atoms with Gasteiger partial charge in [-0.25, -0.2) is 0 Å². The molecule has 0 aromatic heterocycles. The molecule has 7 nitrogen and oxygen atoms in total. The van der Waals surface area contributed by atoms with Crippen molar-refractivity contribution in [1.82, 2.24) is 0 Å². The number of carbonyl (C=O) groups is 3. The molecule has 1 spiro atoms. The van der Waals surface area contributed by atoms with Crippen molar-refractivity contribution in [3.05, 3.63) is 120 Å². The minimum absolute atomic E-state index is 0.0223. The van der Waals surface area contributed by atoms with Crippen LogP contribution in [-0.4, -0.2) is 36.9 Å². The van der Waals surface area contributed by atoms with Crippen LogP contribution >= 0.6 is 12.2 Å². The highest BCUT2D eigenvalue weighted by Crippen LogP contribution is 2.58. The van der Waals surface area contributed by atoms with Crippen LogP contribution < -0.4 is 19.3 Å². The molecule has 1 saturated heterocycles. The zero-order valence-corrected chi connectivity index (χ0v) is 24.6. The first-order valence-electron chi connectivity index (χ1n) is 14.0. The number of ketones is 1. The maximum Gasteiger partial charge on any atom is 0.250 e. The first-order chi connectivity index (χ1) is 20.9. The molecule has 0 bridgehead atoms. The van der Waals surface area contributed by atoms with Crippen LogP contribution in [0.1, 0.15) is 35.8 Å². The summed E-state index contributed by atoms with van der Waals surface area (Å²) in [4.78, 5) is 47.0. The van der Waals surface area contributed by atoms with E-state index in [0.29, 0.717) is 34.0 Å². The lowest BCUT2D eigenvalue weighted by Gasteiger charge is -2.54. The van der Waals surface area contributed by atoms with Crippen molar-refractivity contribution in [3.63, 3.8) is 0 Å². The average Bonchev–Trinajstić information content (AvgIpc) is 3.05. The smallest absolute Gasteiger partial charge is 0.250 e. The van der Waals surface area contributed by atoms with Crippen LogP contribution in [0.15, 0.2) is 109 Å². The molecule has 4 aromatic carbocycles. The van der Waals surface area contributed by atoms with Crippen molar-refractivity contribution in [2.24, 2.45) is 5.41 Å². The number of para-hydroxylation sites is 2. The van der Waals surface area contributed by atoms with E-state index in [2.05, 4.69) is 0 Å². The molecule has 2 aliphatic rings. The molecular weight excluding hydrogens is 560 g/mol. The SMILES string of the molecule is COc1ccc(C2CC(=O)CC(c3ccc(OC)cc3)C23C(=O)N(c2ccccc2)C(=S)N(c2ccccc2)C3=O)cc1. The summed E-state index contributed by atoms with van der Waals surface area (Å²) < 4.78 is 10.8. The van der Waals surface area contributed by atoms with Gasteiger partial charge < -0.3 is 9.47 Å². The Morgan fingerprint density at radius 3 is 1.33 bits per heavy atom. The lowest BCUT2D eigenvalue weighted by molar-refractivity contribution is -0.147. The van der Waals surface area contributed by atoms with Gasteiger partial charge in [-0.1, -0.05) is 60.7 Å². The first kappa shape index (κ1) is 28.3. The highest BCUT2D eigenvalue weighted by molar-refractivity contribution is 7.81. The monoisotopic (exact) mass is 590 g/mol. The number of anilines is 2. The normalized spacial score (nSPS) is 20.0. The van der Waals surface area contributed by atoms with Gasteiger partial charge in [0.2, 0.25) is 11.8 Å². The molecule has 1 aliphatic carbocycles. The van der Waals surface area contributed by atoms with Crippen LogP contribution in [0.2, 0.25) is 0 Å². The second-order valence-corrected chi connectivity index (χ2v) is 11.1. The van der Waals surface area contributed by atoms with E-state index in [-0.39, 0.29) is 23.7 Å². The van der Waals surface area contributed by atoms with Crippen LogP contribution in [0.4, 0.5) is 11.4 Å². The fraction of sp³-hybridized carbons (Fsp3) is 0.200. The van der Waals surface area contributed by atoms with E-state index in [1.165, 1.54) is 9.80 Å². The van der Waals surface area contributed by atoms with Crippen molar-refractivity contribution in [2.45, 2.75) is 24.7 Å². The van der Waals surface area contributed by atoms with Crippen LogP contribution in [0.5, 0.6) is 11.5 Å². The molecule has 2 unspecified atom stereocenters. The first-order valence-corrected chi connectivity index (χ1v) is 14.4. The van der Waals surface area contributed by atoms with Crippen LogP contribution in [0.25, 0.3) is 0 Å². The summed E-state index contributed by atoms with van der Waals surface area (Å²) in [6.07, 6.45) is 0.0446. The predicted molar refractivity (Wildman–Crippen MR) is 169 cm³/mol. The molecule has 43 heavy (non-hydrogen) atoms. The lowest BCUT2D eigenvalue weighted by atomic mass is 9.54. The zero-order chi connectivity index (χ0) is 30.1. The van der Waals surface area contributed by atoms with Gasteiger partial charge in [-0.2, -0.15) is 0 Å². The highest BCUT2D eigenvalue weighted by Gasteiger charge is 2.67. The van der Waals surface area contributed by atoms with Gasteiger partial charge >= 0.3 is 0 Å². The minimum Gasteiger partial charge on any atom is -0.497 e. The number of ether oxygens (including phenoxy) is 2. The predicted octanol–water partition coefficient (Wildman–Crippen LogP) is 6.29. The summed E-state index contributed by atoms with van der Waals surface area (Å²) in [5.41, 5.74) is 0.782. The molecule has 0 radical (unpaired) electrons. The molecule has 1 heterocycles. The van der Waals surface area contributed by atoms with Gasteiger partial charge in [0.15, 0.2) is 5.11 Å². The fourth-order valence-electron chi connectivity index (χ4n) is 6.48. The standard InChI is InChI=1S/C35H30N2O5S/c1-41-28-17-13-23(14-18-28)30-21-27(38)22-31(24-15-19-29(42-2)20-16-24)35(30)32(39)36(25-9-5-3-6-10-25)34(43)37(33(35)40)26-11-7-4-8-12-26/h3-20,30-31H,21-22H2,1-2H3. The van der Waals surface area contributed by atoms with Crippen LogP contribution in [0, 0.1) is 5.41 Å². The quantitative estimate of drug-likeness (QED) is 0.194. The van der Waals surface area contributed by atoms with E-state index in [0.717, 1.165) is 0 Å². The molecule has 2 amide bonds. The number of hydrogen-bond acceptors (Lipinski definition) is 6. The number of benzene rings is 4. The number of hydrogen-bond donors (Lipinski definition) is 0. The molecule has 0 N–H and O–H groups in total. The summed E-state index contributed by atoms with van der Waals surface area (Å²) >= 11 is 5.93. The Morgan fingerprint density at radius 1 is 0.605 bits per heavy atom. The molecule has 2 fully saturated rings. The Morgan fingerprint density at radius 2 is 0.977 bits per heavy atom. The second-order valence-electron chi connectivity index (χ2n) is 10.7. The van der Waals surface area contributed by atoms with Gasteiger partial charge in [0.05, 0.1) is 25.6 Å². The maximum absolute atomic E-state index is 15.3. The lowest BCUT2D eigenvalue weighted by Crippen LogP contribution is -2.70. The van der Waals surface area contributed by atoms with E-state index in [1.54, 1.807) is 62.8 Å². The third-order valence-corrected chi connectivity index (χ3v) is 8.89. The van der Waals surface area contributed by atoms with Gasteiger partial charge in [-0.15, -0.1) is 0 Å². The Bertz CT molecular complexity index is 1550. The Kier molecular flexibility index (Phi) is 7.54. The van der Waals surface area contributed by atoms with Crippen LogP contribution in [-0.2, 0) is 14.4 Å². The molecule has 1 saturated carbocycles. The summed E-state index contributed by atoms with van der Waals surface area (Å²) in [5, 5.41) is 0.0666. The van der Waals surface area contributed by atoms with E-state index >= 15 is 9.59 Å². The van der Waals surface area contributed by atoms with Gasteiger partial charge in [-0.3, -0.25) is 24.2 Å². The van der Waals surface area contributed by atoms with Crippen molar-refractivity contribution < 1.29 is 23.9 Å². The van der Waals surface area contributed by atoms with Gasteiger partial charge in [0, 0.05) is 24.7 Å². The molecular formula is C35H30N2O5S. The van der Waals surface area contributed by atoms with Gasteiger partial charge in [0.1, 0.15) is 22.7 Å². The summed E-state index contributed by atoms with van der Waals surface area (Å²) in [7, 11) is 3.15. The van der Waals surface area contributed by atoms with Crippen LogP contribution in [0.3, 0.4) is 0 Å². The third-order valence-electron chi connectivity index (χ3n) is 8.52. The van der Waals surface area contributed by atoms with Crippen molar-refractivity contribution in [2.75, 3.05) is 24.0 Å². The van der Waals surface area contributed by atoms with E-state index in [9.17, 15) is 4.79 Å². The molecule has 4 aromatic rings. The van der Waals surface area contributed by atoms with Crippen molar-refractivity contribution in [3.8, 4) is 11.5 Å². The number of thiocarbonyl (C=S) groups is 1. The molecule has 8 heteroatoms. The number of Topliss-reactive ketones (excluding diaryl/α,β-unsaturated/α-hetero) is 1. The molecule has 6 rings (SSSR count). The van der Waals surface area contributed by atoms with E-state index in [1.807, 2.05) is 60.7 Å². The van der Waals surface area contributed by atoms with Crippen molar-refractivity contribution in [1.29, 1.82) is 0 Å². The molecule has 1 aliphatic heterocycles. The number of methoxy groups -OCH3 is 2. The van der Waals surface area contributed by atoms with E-state index in [4.69, 9.17) is 21.7 Å². The Hall–Kier alpha value is -4.82. The Labute approximate surface area is 255 Å². The highest BCUT2D eigenvalue weighted by atomic mass is 32.1. The largest absolute Gasteiger partial charge is 0.497 e. The Balaban J connectivity index is 1.65. The number of nitrogens with zero attached hydrogens (tertiary/aromatic N) is 2. The number of carbonyl (C=O) groups excluding carboxylic acids is 3. The summed E-state index contributed by atoms with van der Waals surface area (Å²) in [6, 6.07) is 32.7. The average molecular weight is 591 g/mol.